The number of benzene rings is 1. The molecule has 1 aromatic carbocycles. The second kappa shape index (κ2) is 5.65. The molecule has 1 aliphatic heterocycles. The average molecular weight is 271 g/mol. The van der Waals surface area contributed by atoms with E-state index in [0.29, 0.717) is 11.6 Å². The molecule has 1 saturated heterocycles. The second-order valence-electron chi connectivity index (χ2n) is 4.54. The average Bonchev–Trinajstić information content (AvgIpc) is 2.34. The fourth-order valence-corrected chi connectivity index (χ4v) is 2.29. The summed E-state index contributed by atoms with van der Waals surface area (Å²) in [7, 11) is 0. The molecule has 5 nitrogen and oxygen atoms in total. The number of piperidine rings is 1. The predicted molar refractivity (Wildman–Crippen MR) is 68.6 cm³/mol. The molecule has 1 N–H and O–H groups in total. The zero-order chi connectivity index (χ0) is 13.1. The van der Waals surface area contributed by atoms with E-state index in [0.717, 1.165) is 31.5 Å². The normalized spacial score (nSPS) is 17.9. The summed E-state index contributed by atoms with van der Waals surface area (Å²) >= 11 is 6.05. The van der Waals surface area contributed by atoms with Crippen LogP contribution >= 0.6 is 11.6 Å². The lowest BCUT2D eigenvalue weighted by molar-refractivity contribution is -0.384. The number of halogens is 1. The van der Waals surface area contributed by atoms with E-state index in [9.17, 15) is 15.2 Å². The molecule has 0 aliphatic carbocycles. The fraction of sp³-hybridized carbons (Fsp3) is 0.500. The maximum Gasteiger partial charge on any atom is 0.269 e. The summed E-state index contributed by atoms with van der Waals surface area (Å²) in [6.07, 6.45) is 1.26. The van der Waals surface area contributed by atoms with Crippen molar-refractivity contribution in [3.8, 4) is 0 Å². The van der Waals surface area contributed by atoms with E-state index in [2.05, 4.69) is 4.90 Å². The van der Waals surface area contributed by atoms with Crippen LogP contribution < -0.4 is 0 Å². The monoisotopic (exact) mass is 270 g/mol. The summed E-state index contributed by atoms with van der Waals surface area (Å²) < 4.78 is 0. The number of non-ortho nitro benzene ring substituents is 1. The minimum Gasteiger partial charge on any atom is -0.393 e. The van der Waals surface area contributed by atoms with Gasteiger partial charge in [0.1, 0.15) is 0 Å². The van der Waals surface area contributed by atoms with Crippen molar-refractivity contribution in [1.82, 2.24) is 4.90 Å². The van der Waals surface area contributed by atoms with Crippen molar-refractivity contribution in [2.75, 3.05) is 13.1 Å². The molecule has 1 fully saturated rings. The summed E-state index contributed by atoms with van der Waals surface area (Å²) in [4.78, 5) is 12.4. The first-order valence-corrected chi connectivity index (χ1v) is 6.27. The molecule has 98 valence electrons. The molecule has 6 heteroatoms. The second-order valence-corrected chi connectivity index (χ2v) is 4.95. The molecule has 0 aromatic heterocycles. The van der Waals surface area contributed by atoms with Gasteiger partial charge in [-0.05, 0) is 24.5 Å². The van der Waals surface area contributed by atoms with Gasteiger partial charge in [0.15, 0.2) is 0 Å². The minimum atomic E-state index is -0.417. The lowest BCUT2D eigenvalue weighted by atomic mass is 10.1. The summed E-state index contributed by atoms with van der Waals surface area (Å²) in [6, 6.07) is 4.49. The Labute approximate surface area is 110 Å². The van der Waals surface area contributed by atoms with Crippen LogP contribution in [-0.2, 0) is 6.54 Å². The van der Waals surface area contributed by atoms with E-state index in [-0.39, 0.29) is 11.8 Å². The van der Waals surface area contributed by atoms with Gasteiger partial charge in [0.2, 0.25) is 0 Å². The molecule has 0 atom stereocenters. The Morgan fingerprint density at radius 3 is 2.72 bits per heavy atom. The quantitative estimate of drug-likeness (QED) is 0.675. The smallest absolute Gasteiger partial charge is 0.269 e. The molecule has 0 radical (unpaired) electrons. The van der Waals surface area contributed by atoms with Gasteiger partial charge in [-0.25, -0.2) is 0 Å². The summed E-state index contributed by atoms with van der Waals surface area (Å²) in [5.41, 5.74) is 0.828. The first-order chi connectivity index (χ1) is 8.56. The zero-order valence-corrected chi connectivity index (χ0v) is 10.6. The molecule has 0 unspecified atom stereocenters. The molecule has 1 heterocycles. The number of hydrogen-bond donors (Lipinski definition) is 1. The Bertz CT molecular complexity index is 445. The Hall–Kier alpha value is -1.17. The lowest BCUT2D eigenvalue weighted by Gasteiger charge is -2.29. The van der Waals surface area contributed by atoms with Gasteiger partial charge >= 0.3 is 0 Å². The Morgan fingerprint density at radius 1 is 1.44 bits per heavy atom. The van der Waals surface area contributed by atoms with Crippen LogP contribution in [0.15, 0.2) is 18.2 Å². The van der Waals surface area contributed by atoms with Gasteiger partial charge in [0.05, 0.1) is 11.0 Å². The van der Waals surface area contributed by atoms with Crippen molar-refractivity contribution in [2.24, 2.45) is 0 Å². The third-order valence-corrected chi connectivity index (χ3v) is 3.56. The Balaban J connectivity index is 2.08. The van der Waals surface area contributed by atoms with E-state index in [1.807, 2.05) is 0 Å². The fourth-order valence-electron chi connectivity index (χ4n) is 2.11. The lowest BCUT2D eigenvalue weighted by Crippen LogP contribution is -2.35. The van der Waals surface area contributed by atoms with E-state index in [4.69, 9.17) is 11.6 Å². The third kappa shape index (κ3) is 3.19. The summed E-state index contributed by atoms with van der Waals surface area (Å²) in [5.74, 6) is 0. The van der Waals surface area contributed by atoms with Crippen LogP contribution in [0, 0.1) is 10.1 Å². The van der Waals surface area contributed by atoms with Crippen molar-refractivity contribution < 1.29 is 10.0 Å². The molecule has 2 rings (SSSR count). The number of nitrogens with zero attached hydrogens (tertiary/aromatic N) is 2. The zero-order valence-electron chi connectivity index (χ0n) is 9.88. The molecule has 0 saturated carbocycles. The molecule has 0 spiro atoms. The van der Waals surface area contributed by atoms with Crippen LogP contribution in [-0.4, -0.2) is 34.1 Å². The highest BCUT2D eigenvalue weighted by Crippen LogP contribution is 2.24. The number of rotatable bonds is 3. The molecule has 0 amide bonds. The molecular weight excluding hydrogens is 256 g/mol. The Morgan fingerprint density at radius 2 is 2.11 bits per heavy atom. The van der Waals surface area contributed by atoms with Crippen LogP contribution in [0.3, 0.4) is 0 Å². The minimum absolute atomic E-state index is 0.0615. The van der Waals surface area contributed by atoms with Gasteiger partial charge in [0, 0.05) is 36.8 Å². The van der Waals surface area contributed by atoms with E-state index >= 15 is 0 Å². The van der Waals surface area contributed by atoms with Gasteiger partial charge in [-0.1, -0.05) is 11.6 Å². The van der Waals surface area contributed by atoms with Crippen LogP contribution in [0.1, 0.15) is 18.4 Å². The van der Waals surface area contributed by atoms with Crippen molar-refractivity contribution in [2.45, 2.75) is 25.5 Å². The maximum absolute atomic E-state index is 10.7. The number of aliphatic hydroxyl groups excluding tert-OH is 1. The number of aliphatic hydroxyl groups is 1. The van der Waals surface area contributed by atoms with Crippen LogP contribution in [0.4, 0.5) is 5.69 Å². The largest absolute Gasteiger partial charge is 0.393 e. The first kappa shape index (κ1) is 13.3. The number of nitro benzene ring substituents is 1. The van der Waals surface area contributed by atoms with Crippen LogP contribution in [0.5, 0.6) is 0 Å². The SMILES string of the molecule is O=[N+]([O-])c1ccc(Cl)c(CN2CCC(O)CC2)c1. The van der Waals surface area contributed by atoms with Gasteiger partial charge < -0.3 is 5.11 Å². The van der Waals surface area contributed by atoms with Gasteiger partial charge in [-0.3, -0.25) is 15.0 Å². The number of hydrogen-bond acceptors (Lipinski definition) is 4. The van der Waals surface area contributed by atoms with Gasteiger partial charge in [-0.15, -0.1) is 0 Å². The highest BCUT2D eigenvalue weighted by Gasteiger charge is 2.18. The standard InChI is InChI=1S/C12H15ClN2O3/c13-12-2-1-10(15(17)18)7-9(12)8-14-5-3-11(16)4-6-14/h1-2,7,11,16H,3-6,8H2. The van der Waals surface area contributed by atoms with Gasteiger partial charge in [0.25, 0.3) is 5.69 Å². The molecule has 0 bridgehead atoms. The van der Waals surface area contributed by atoms with Crippen molar-refractivity contribution >= 4 is 17.3 Å². The van der Waals surface area contributed by atoms with E-state index in [1.54, 1.807) is 6.07 Å². The van der Waals surface area contributed by atoms with Crippen molar-refractivity contribution in [1.29, 1.82) is 0 Å². The van der Waals surface area contributed by atoms with Crippen molar-refractivity contribution in [3.05, 3.63) is 38.9 Å². The topological polar surface area (TPSA) is 66.6 Å². The number of likely N-dealkylation sites (tertiary alicyclic amines) is 1. The number of nitro groups is 1. The summed E-state index contributed by atoms with van der Waals surface area (Å²) in [6.45, 7) is 2.17. The molecule has 18 heavy (non-hydrogen) atoms. The van der Waals surface area contributed by atoms with Gasteiger partial charge in [-0.2, -0.15) is 0 Å². The molecular formula is C12H15ClN2O3. The van der Waals surface area contributed by atoms with E-state index < -0.39 is 4.92 Å². The Kier molecular flexibility index (Phi) is 4.16. The maximum atomic E-state index is 10.7. The van der Waals surface area contributed by atoms with Crippen LogP contribution in [0.2, 0.25) is 5.02 Å². The molecule has 1 aliphatic rings. The predicted octanol–water partition coefficient (Wildman–Crippen LogP) is 2.20. The summed E-state index contributed by atoms with van der Waals surface area (Å²) in [5, 5.41) is 20.7. The highest BCUT2D eigenvalue weighted by molar-refractivity contribution is 6.31. The first-order valence-electron chi connectivity index (χ1n) is 5.89. The van der Waals surface area contributed by atoms with Crippen LogP contribution in [0.25, 0.3) is 0 Å². The third-order valence-electron chi connectivity index (χ3n) is 3.19. The highest BCUT2D eigenvalue weighted by atomic mass is 35.5. The van der Waals surface area contributed by atoms with E-state index in [1.165, 1.54) is 12.1 Å². The van der Waals surface area contributed by atoms with Crippen molar-refractivity contribution in [3.63, 3.8) is 0 Å². The molecule has 1 aromatic rings.